The van der Waals surface area contributed by atoms with Crippen LogP contribution in [-0.4, -0.2) is 53.4 Å². The lowest BCUT2D eigenvalue weighted by Crippen LogP contribution is -2.53. The number of nitrogens with one attached hydrogen (secondary N) is 1. The maximum absolute atomic E-state index is 10.8. The molecule has 6 heteroatoms. The molecule has 6 nitrogen and oxygen atoms in total. The summed E-state index contributed by atoms with van der Waals surface area (Å²) in [5.41, 5.74) is 1.000. The smallest absolute Gasteiger partial charge is 0.317 e. The molecule has 1 aliphatic carbocycles. The number of ether oxygens (including phenoxy) is 1. The van der Waals surface area contributed by atoms with Gasteiger partial charge in [0.15, 0.2) is 11.5 Å². The third-order valence-electron chi connectivity index (χ3n) is 4.21. The molecule has 0 amide bonds. The molecule has 0 aliphatic heterocycles. The van der Waals surface area contributed by atoms with Crippen LogP contribution in [0.2, 0.25) is 0 Å². The molecule has 122 valence electrons. The average Bonchev–Trinajstić information content (AvgIpc) is 2.44. The van der Waals surface area contributed by atoms with Gasteiger partial charge in [-0.3, -0.25) is 9.69 Å². The summed E-state index contributed by atoms with van der Waals surface area (Å²) >= 11 is 0. The summed E-state index contributed by atoms with van der Waals surface area (Å²) in [6.07, 6.45) is 1.92. The summed E-state index contributed by atoms with van der Waals surface area (Å²) < 4.78 is 5.02. The van der Waals surface area contributed by atoms with Gasteiger partial charge in [-0.15, -0.1) is 0 Å². The molecule has 1 saturated carbocycles. The molecule has 0 saturated heterocycles. The normalized spacial score (nSPS) is 20.7. The van der Waals surface area contributed by atoms with Gasteiger partial charge in [0.25, 0.3) is 0 Å². The molecular weight excluding hydrogens is 284 g/mol. The van der Waals surface area contributed by atoms with Crippen molar-refractivity contribution in [3.8, 4) is 11.5 Å². The number of phenols is 1. The first-order chi connectivity index (χ1) is 10.5. The van der Waals surface area contributed by atoms with E-state index in [4.69, 9.17) is 9.84 Å². The molecule has 1 aromatic carbocycles. The molecular formula is C16H24N2O4. The quantitative estimate of drug-likeness (QED) is 0.674. The zero-order valence-corrected chi connectivity index (χ0v) is 13.1. The van der Waals surface area contributed by atoms with Crippen molar-refractivity contribution in [3.63, 3.8) is 0 Å². The van der Waals surface area contributed by atoms with Crippen molar-refractivity contribution in [1.82, 2.24) is 10.2 Å². The van der Waals surface area contributed by atoms with Crippen molar-refractivity contribution in [1.29, 1.82) is 0 Å². The van der Waals surface area contributed by atoms with Crippen molar-refractivity contribution >= 4 is 5.97 Å². The number of carboxylic acids is 1. The number of aromatic hydroxyl groups is 1. The molecule has 0 bridgehead atoms. The minimum Gasteiger partial charge on any atom is -0.504 e. The fraction of sp³-hybridized carbons (Fsp3) is 0.562. The van der Waals surface area contributed by atoms with Gasteiger partial charge < -0.3 is 20.3 Å². The predicted molar refractivity (Wildman–Crippen MR) is 83.2 cm³/mol. The Bertz CT molecular complexity index is 515. The first-order valence-corrected chi connectivity index (χ1v) is 7.58. The summed E-state index contributed by atoms with van der Waals surface area (Å²) in [4.78, 5) is 12.8. The molecule has 1 fully saturated rings. The largest absolute Gasteiger partial charge is 0.504 e. The maximum atomic E-state index is 10.8. The second kappa shape index (κ2) is 7.47. The number of phenolic OH excluding ortho intramolecular Hbond substituents is 1. The van der Waals surface area contributed by atoms with Crippen molar-refractivity contribution < 1.29 is 19.7 Å². The van der Waals surface area contributed by atoms with E-state index in [2.05, 4.69) is 5.32 Å². The first kappa shape index (κ1) is 16.6. The Morgan fingerprint density at radius 1 is 1.45 bits per heavy atom. The van der Waals surface area contributed by atoms with E-state index < -0.39 is 5.97 Å². The van der Waals surface area contributed by atoms with E-state index in [-0.39, 0.29) is 12.3 Å². The summed E-state index contributed by atoms with van der Waals surface area (Å²) in [5, 5.41) is 22.1. The summed E-state index contributed by atoms with van der Waals surface area (Å²) in [6, 6.07) is 6.12. The highest BCUT2D eigenvalue weighted by atomic mass is 16.5. The van der Waals surface area contributed by atoms with E-state index in [0.717, 1.165) is 24.9 Å². The molecule has 2 rings (SSSR count). The fourth-order valence-corrected chi connectivity index (χ4v) is 2.83. The predicted octanol–water partition coefficient (Wildman–Crippen LogP) is 1.43. The van der Waals surface area contributed by atoms with Crippen LogP contribution >= 0.6 is 0 Å². The number of rotatable bonds is 8. The van der Waals surface area contributed by atoms with Crippen LogP contribution < -0.4 is 10.1 Å². The van der Waals surface area contributed by atoms with Gasteiger partial charge >= 0.3 is 5.97 Å². The molecule has 0 unspecified atom stereocenters. The van der Waals surface area contributed by atoms with Crippen LogP contribution in [0.1, 0.15) is 25.3 Å². The van der Waals surface area contributed by atoms with Crippen molar-refractivity contribution in [2.24, 2.45) is 0 Å². The Balaban J connectivity index is 1.76. The highest BCUT2D eigenvalue weighted by molar-refractivity contribution is 5.69. The van der Waals surface area contributed by atoms with E-state index in [1.807, 2.05) is 17.9 Å². The Morgan fingerprint density at radius 3 is 2.73 bits per heavy atom. The Kier molecular flexibility index (Phi) is 5.63. The van der Waals surface area contributed by atoms with Gasteiger partial charge in [0.1, 0.15) is 0 Å². The van der Waals surface area contributed by atoms with Crippen LogP contribution in [0, 0.1) is 0 Å². The fourth-order valence-electron chi connectivity index (χ4n) is 2.83. The van der Waals surface area contributed by atoms with Gasteiger partial charge in [-0.25, -0.2) is 0 Å². The molecule has 3 N–H and O–H groups in total. The van der Waals surface area contributed by atoms with E-state index >= 15 is 0 Å². The van der Waals surface area contributed by atoms with Crippen molar-refractivity contribution in [2.45, 2.75) is 38.4 Å². The van der Waals surface area contributed by atoms with Crippen molar-refractivity contribution in [3.05, 3.63) is 23.8 Å². The van der Waals surface area contributed by atoms with Gasteiger partial charge in [0, 0.05) is 18.6 Å². The number of nitrogens with zero attached hydrogens (tertiary/aromatic N) is 1. The highest BCUT2D eigenvalue weighted by Crippen LogP contribution is 2.28. The number of methoxy groups -OCH3 is 1. The summed E-state index contributed by atoms with van der Waals surface area (Å²) in [6.45, 7) is 3.54. The third-order valence-corrected chi connectivity index (χ3v) is 4.21. The van der Waals surface area contributed by atoms with E-state index in [1.54, 1.807) is 12.1 Å². The molecule has 0 atom stereocenters. The van der Waals surface area contributed by atoms with E-state index in [1.165, 1.54) is 7.11 Å². The van der Waals surface area contributed by atoms with Crippen LogP contribution in [0.15, 0.2) is 18.2 Å². The summed E-state index contributed by atoms with van der Waals surface area (Å²) in [7, 11) is 1.53. The van der Waals surface area contributed by atoms with Gasteiger partial charge in [0.05, 0.1) is 13.7 Å². The lowest BCUT2D eigenvalue weighted by Gasteiger charge is -2.42. The van der Waals surface area contributed by atoms with Crippen LogP contribution in [0.25, 0.3) is 0 Å². The van der Waals surface area contributed by atoms with Crippen LogP contribution in [0.3, 0.4) is 0 Å². The number of hydrogen-bond acceptors (Lipinski definition) is 5. The topological polar surface area (TPSA) is 82.0 Å². The number of benzene rings is 1. The van der Waals surface area contributed by atoms with E-state index in [0.29, 0.717) is 24.4 Å². The first-order valence-electron chi connectivity index (χ1n) is 7.58. The van der Waals surface area contributed by atoms with E-state index in [9.17, 15) is 9.90 Å². The number of aliphatic carboxylic acids is 1. The number of hydrogen-bond donors (Lipinski definition) is 3. The molecule has 1 aliphatic rings. The van der Waals surface area contributed by atoms with Gasteiger partial charge in [-0.2, -0.15) is 0 Å². The second-order valence-corrected chi connectivity index (χ2v) is 5.67. The standard InChI is InChI=1S/C16H24N2O4/c1-3-18(10-16(20)21)13-7-12(8-13)17-9-11-4-5-15(22-2)14(19)6-11/h4-6,12-13,17,19H,3,7-10H2,1-2H3,(H,20,21). The number of carboxylic acid groups (broad SMARTS) is 1. The average molecular weight is 308 g/mol. The monoisotopic (exact) mass is 308 g/mol. The van der Waals surface area contributed by atoms with Crippen LogP contribution in [0.4, 0.5) is 0 Å². The van der Waals surface area contributed by atoms with Gasteiger partial charge in [-0.05, 0) is 37.1 Å². The van der Waals surface area contributed by atoms with Crippen molar-refractivity contribution in [2.75, 3.05) is 20.2 Å². The third kappa shape index (κ3) is 4.11. The maximum Gasteiger partial charge on any atom is 0.317 e. The lowest BCUT2D eigenvalue weighted by atomic mass is 9.85. The molecule has 0 aromatic heterocycles. The minimum absolute atomic E-state index is 0.111. The lowest BCUT2D eigenvalue weighted by molar-refractivity contribution is -0.139. The van der Waals surface area contributed by atoms with Gasteiger partial charge in [-0.1, -0.05) is 13.0 Å². The zero-order valence-electron chi connectivity index (χ0n) is 13.1. The van der Waals surface area contributed by atoms with Crippen LogP contribution in [-0.2, 0) is 11.3 Å². The molecule has 0 spiro atoms. The highest BCUT2D eigenvalue weighted by Gasteiger charge is 2.33. The number of likely N-dealkylation sites (N-methyl/N-ethyl adjacent to an activating group) is 1. The summed E-state index contributed by atoms with van der Waals surface area (Å²) in [5.74, 6) is -0.154. The van der Waals surface area contributed by atoms with Gasteiger partial charge in [0.2, 0.25) is 0 Å². The molecule has 0 heterocycles. The molecule has 22 heavy (non-hydrogen) atoms. The second-order valence-electron chi connectivity index (χ2n) is 5.67. The van der Waals surface area contributed by atoms with Crippen LogP contribution in [0.5, 0.6) is 11.5 Å². The Hall–Kier alpha value is -1.79. The Labute approximate surface area is 130 Å². The molecule has 0 radical (unpaired) electrons. The Morgan fingerprint density at radius 2 is 2.18 bits per heavy atom. The molecule has 1 aromatic rings. The number of carbonyl (C=O) groups is 1. The minimum atomic E-state index is -0.771. The SMILES string of the molecule is CCN(CC(=O)O)C1CC(NCc2ccc(OC)c(O)c2)C1. The zero-order chi connectivity index (χ0) is 16.1.